The van der Waals surface area contributed by atoms with Gasteiger partial charge in [-0.2, -0.15) is 5.10 Å². The van der Waals surface area contributed by atoms with Crippen LogP contribution in [0.2, 0.25) is 0 Å². The van der Waals surface area contributed by atoms with Gasteiger partial charge in [0, 0.05) is 13.6 Å². The van der Waals surface area contributed by atoms with E-state index in [0.29, 0.717) is 11.9 Å². The van der Waals surface area contributed by atoms with Crippen LogP contribution < -0.4 is 10.7 Å². The maximum Gasteiger partial charge on any atom is 0.276 e. The fourth-order valence-corrected chi connectivity index (χ4v) is 3.03. The summed E-state index contributed by atoms with van der Waals surface area (Å²) in [5.41, 5.74) is 1.75. The molecule has 0 atom stereocenters. The van der Waals surface area contributed by atoms with Gasteiger partial charge in [0.05, 0.1) is 5.39 Å². The molecule has 0 saturated heterocycles. The number of hydrogen-bond donors (Lipinski definition) is 1. The maximum absolute atomic E-state index is 12.3. The smallest absolute Gasteiger partial charge is 0.276 e. The van der Waals surface area contributed by atoms with Gasteiger partial charge < -0.3 is 5.32 Å². The lowest BCUT2D eigenvalue weighted by Crippen LogP contribution is -2.31. The van der Waals surface area contributed by atoms with Crippen LogP contribution >= 0.6 is 11.3 Å². The van der Waals surface area contributed by atoms with E-state index < -0.39 is 5.91 Å². The van der Waals surface area contributed by atoms with Crippen LogP contribution in [-0.2, 0) is 13.6 Å². The number of fused-ring (bicyclic) bond motifs is 1. The summed E-state index contributed by atoms with van der Waals surface area (Å²) in [4.78, 5) is 25.3. The van der Waals surface area contributed by atoms with Gasteiger partial charge >= 0.3 is 0 Å². The second kappa shape index (κ2) is 5.73. The highest BCUT2D eigenvalue weighted by atomic mass is 32.1. The topological polar surface area (TPSA) is 64.0 Å². The fraction of sp³-hybridized carbons (Fsp3) is 0.188. The lowest BCUT2D eigenvalue weighted by atomic mass is 10.1. The Kier molecular flexibility index (Phi) is 3.77. The average molecular weight is 313 g/mol. The molecule has 5 nitrogen and oxygen atoms in total. The average Bonchev–Trinajstić information content (AvgIpc) is 3.00. The third-order valence-electron chi connectivity index (χ3n) is 3.44. The van der Waals surface area contributed by atoms with E-state index in [0.717, 1.165) is 16.0 Å². The molecule has 0 aliphatic rings. The van der Waals surface area contributed by atoms with Crippen molar-refractivity contribution in [1.82, 2.24) is 15.1 Å². The summed E-state index contributed by atoms with van der Waals surface area (Å²) in [5, 5.41) is 9.20. The highest BCUT2D eigenvalue weighted by Crippen LogP contribution is 2.15. The van der Waals surface area contributed by atoms with Crippen molar-refractivity contribution in [3.63, 3.8) is 0 Å². The molecule has 0 fully saturated rings. The van der Waals surface area contributed by atoms with Gasteiger partial charge in [0.15, 0.2) is 5.69 Å². The standard InChI is InChI=1S/C16H15N3O2S/c1-10-3-5-11(6-4-10)9-17-15(21)13-14(20)12-7-8-22-16(12)19(2)18-13/h3-8H,9H2,1-2H3,(H,17,21). The number of benzene rings is 1. The first-order chi connectivity index (χ1) is 10.6. The highest BCUT2D eigenvalue weighted by Gasteiger charge is 2.16. The normalized spacial score (nSPS) is 10.8. The number of rotatable bonds is 3. The second-order valence-electron chi connectivity index (χ2n) is 5.11. The van der Waals surface area contributed by atoms with E-state index in [2.05, 4.69) is 10.4 Å². The molecule has 0 spiro atoms. The minimum atomic E-state index is -0.450. The molecule has 1 aromatic carbocycles. The molecule has 0 aliphatic carbocycles. The van der Waals surface area contributed by atoms with E-state index in [1.54, 1.807) is 17.8 Å². The van der Waals surface area contributed by atoms with Crippen molar-refractivity contribution in [2.24, 2.45) is 7.05 Å². The zero-order chi connectivity index (χ0) is 15.7. The van der Waals surface area contributed by atoms with Crippen LogP contribution in [-0.4, -0.2) is 15.7 Å². The van der Waals surface area contributed by atoms with Crippen molar-refractivity contribution in [2.75, 3.05) is 0 Å². The molecule has 0 aliphatic heterocycles. The van der Waals surface area contributed by atoms with Crippen molar-refractivity contribution in [1.29, 1.82) is 0 Å². The molecule has 1 amide bonds. The number of nitrogens with zero attached hydrogens (tertiary/aromatic N) is 2. The van der Waals surface area contributed by atoms with Crippen LogP contribution in [0.5, 0.6) is 0 Å². The molecule has 0 radical (unpaired) electrons. The predicted molar refractivity (Wildman–Crippen MR) is 87.2 cm³/mol. The van der Waals surface area contributed by atoms with Crippen molar-refractivity contribution in [2.45, 2.75) is 13.5 Å². The van der Waals surface area contributed by atoms with Crippen LogP contribution in [0, 0.1) is 6.92 Å². The van der Waals surface area contributed by atoms with Crippen molar-refractivity contribution in [3.05, 3.63) is 62.8 Å². The summed E-state index contributed by atoms with van der Waals surface area (Å²) in [6.45, 7) is 2.37. The Hall–Kier alpha value is -2.47. The Morgan fingerprint density at radius 2 is 2.00 bits per heavy atom. The van der Waals surface area contributed by atoms with Gasteiger partial charge in [0.1, 0.15) is 4.83 Å². The molecule has 112 valence electrons. The zero-order valence-electron chi connectivity index (χ0n) is 12.3. The van der Waals surface area contributed by atoms with Crippen LogP contribution in [0.15, 0.2) is 40.5 Å². The summed E-state index contributed by atoms with van der Waals surface area (Å²) in [7, 11) is 1.73. The number of aryl methyl sites for hydroxylation is 2. The SMILES string of the molecule is Cc1ccc(CNC(=O)c2nn(C)c3sccc3c2=O)cc1. The predicted octanol–water partition coefficient (Wildman–Crippen LogP) is 2.23. The number of amides is 1. The summed E-state index contributed by atoms with van der Waals surface area (Å²) >= 11 is 1.43. The first-order valence-corrected chi connectivity index (χ1v) is 7.72. The molecule has 22 heavy (non-hydrogen) atoms. The van der Waals surface area contributed by atoms with Gasteiger partial charge in [-0.1, -0.05) is 29.8 Å². The van der Waals surface area contributed by atoms with Gasteiger partial charge in [-0.15, -0.1) is 11.3 Å². The summed E-state index contributed by atoms with van der Waals surface area (Å²) in [6.07, 6.45) is 0. The van der Waals surface area contributed by atoms with Crippen molar-refractivity contribution in [3.8, 4) is 0 Å². The van der Waals surface area contributed by atoms with Gasteiger partial charge in [0.2, 0.25) is 5.43 Å². The van der Waals surface area contributed by atoms with Crippen LogP contribution in [0.3, 0.4) is 0 Å². The molecule has 3 aromatic rings. The fourth-order valence-electron chi connectivity index (χ4n) is 2.21. The molecule has 2 heterocycles. The van der Waals surface area contributed by atoms with E-state index in [9.17, 15) is 9.59 Å². The van der Waals surface area contributed by atoms with Crippen molar-refractivity contribution < 1.29 is 4.79 Å². The molecule has 0 bridgehead atoms. The monoisotopic (exact) mass is 313 g/mol. The van der Waals surface area contributed by atoms with E-state index in [1.165, 1.54) is 11.3 Å². The van der Waals surface area contributed by atoms with E-state index in [1.807, 2.05) is 36.6 Å². The largest absolute Gasteiger partial charge is 0.346 e. The minimum Gasteiger partial charge on any atom is -0.346 e. The minimum absolute atomic E-state index is 0.0690. The molecular formula is C16H15N3O2S. The number of nitrogens with one attached hydrogen (secondary N) is 1. The van der Waals surface area contributed by atoms with E-state index in [-0.39, 0.29) is 11.1 Å². The van der Waals surface area contributed by atoms with Crippen LogP contribution in [0.1, 0.15) is 21.6 Å². The van der Waals surface area contributed by atoms with E-state index in [4.69, 9.17) is 0 Å². The Labute approximate surface area is 131 Å². The Morgan fingerprint density at radius 1 is 1.27 bits per heavy atom. The van der Waals surface area contributed by atoms with Crippen LogP contribution in [0.4, 0.5) is 0 Å². The number of hydrogen-bond acceptors (Lipinski definition) is 4. The Morgan fingerprint density at radius 3 is 2.73 bits per heavy atom. The number of aromatic nitrogens is 2. The molecule has 1 N–H and O–H groups in total. The highest BCUT2D eigenvalue weighted by molar-refractivity contribution is 7.16. The number of carbonyl (C=O) groups is 1. The molecule has 0 unspecified atom stereocenters. The molecule has 6 heteroatoms. The number of carbonyl (C=O) groups excluding carboxylic acids is 1. The maximum atomic E-state index is 12.3. The Bertz CT molecular complexity index is 894. The quantitative estimate of drug-likeness (QED) is 0.806. The van der Waals surface area contributed by atoms with Gasteiger partial charge in [-0.05, 0) is 23.9 Å². The molecule has 0 saturated carbocycles. The third-order valence-corrected chi connectivity index (χ3v) is 4.42. The van der Waals surface area contributed by atoms with Gasteiger partial charge in [-0.25, -0.2) is 0 Å². The second-order valence-corrected chi connectivity index (χ2v) is 6.00. The van der Waals surface area contributed by atoms with Gasteiger partial charge in [-0.3, -0.25) is 14.3 Å². The first-order valence-electron chi connectivity index (χ1n) is 6.84. The molecular weight excluding hydrogens is 298 g/mol. The summed E-state index contributed by atoms with van der Waals surface area (Å²) < 4.78 is 1.57. The summed E-state index contributed by atoms with van der Waals surface area (Å²) in [5.74, 6) is -0.450. The lowest BCUT2D eigenvalue weighted by Gasteiger charge is -2.07. The lowest BCUT2D eigenvalue weighted by molar-refractivity contribution is 0.0943. The Balaban J connectivity index is 1.84. The first kappa shape index (κ1) is 14.5. The van der Waals surface area contributed by atoms with E-state index >= 15 is 0 Å². The molecule has 2 aromatic heterocycles. The van der Waals surface area contributed by atoms with Crippen molar-refractivity contribution >= 4 is 27.5 Å². The molecule has 3 rings (SSSR count). The number of thiophene rings is 1. The van der Waals surface area contributed by atoms with Crippen LogP contribution in [0.25, 0.3) is 10.2 Å². The van der Waals surface area contributed by atoms with Gasteiger partial charge in [0.25, 0.3) is 5.91 Å². The third kappa shape index (κ3) is 2.65. The summed E-state index contributed by atoms with van der Waals surface area (Å²) in [6, 6.07) is 9.58. The zero-order valence-corrected chi connectivity index (χ0v) is 13.1.